The number of amides is 1. The molecule has 142 valence electrons. The van der Waals surface area contributed by atoms with E-state index in [1.54, 1.807) is 12.1 Å². The van der Waals surface area contributed by atoms with Gasteiger partial charge in [0, 0.05) is 18.7 Å². The molecule has 2 aliphatic heterocycles. The second kappa shape index (κ2) is 7.69. The summed E-state index contributed by atoms with van der Waals surface area (Å²) >= 11 is 0. The first-order chi connectivity index (χ1) is 13.2. The molecule has 0 aliphatic carbocycles. The molecule has 1 unspecified atom stereocenters. The molecule has 0 spiro atoms. The van der Waals surface area contributed by atoms with Gasteiger partial charge >= 0.3 is 0 Å². The van der Waals surface area contributed by atoms with Crippen LogP contribution in [0.25, 0.3) is 0 Å². The van der Waals surface area contributed by atoms with Crippen LogP contribution < -0.4 is 18.9 Å². The van der Waals surface area contributed by atoms with E-state index >= 15 is 0 Å². The third kappa shape index (κ3) is 4.05. The van der Waals surface area contributed by atoms with E-state index < -0.39 is 0 Å². The van der Waals surface area contributed by atoms with Crippen molar-refractivity contribution in [1.82, 2.24) is 15.1 Å². The van der Waals surface area contributed by atoms with Gasteiger partial charge < -0.3 is 23.8 Å². The Morgan fingerprint density at radius 3 is 2.81 bits per heavy atom. The first kappa shape index (κ1) is 17.4. The number of fused-ring (bicyclic) bond motifs is 1. The summed E-state index contributed by atoms with van der Waals surface area (Å²) in [5, 5.41) is 7.89. The maximum absolute atomic E-state index is 12.7. The summed E-state index contributed by atoms with van der Waals surface area (Å²) < 4.78 is 21.6. The SMILES string of the molecule is COc1ccc(OC2CCCN(C(=O)Cc3ccc4c(c3)OCO4)C2)nn1. The molecule has 1 fully saturated rings. The number of carbonyl (C=O) groups is 1. The number of methoxy groups -OCH3 is 1. The summed E-state index contributed by atoms with van der Waals surface area (Å²) in [5.74, 6) is 2.36. The summed E-state index contributed by atoms with van der Waals surface area (Å²) in [7, 11) is 1.54. The van der Waals surface area contributed by atoms with Crippen molar-refractivity contribution >= 4 is 5.91 Å². The van der Waals surface area contributed by atoms with E-state index in [9.17, 15) is 4.79 Å². The number of likely N-dealkylation sites (tertiary alicyclic amines) is 1. The lowest BCUT2D eigenvalue weighted by Crippen LogP contribution is -2.45. The van der Waals surface area contributed by atoms with Gasteiger partial charge in [-0.2, -0.15) is 0 Å². The fraction of sp³-hybridized carbons (Fsp3) is 0.421. The largest absolute Gasteiger partial charge is 0.480 e. The van der Waals surface area contributed by atoms with Gasteiger partial charge in [0.1, 0.15) is 6.10 Å². The van der Waals surface area contributed by atoms with Gasteiger partial charge in [0.15, 0.2) is 11.5 Å². The van der Waals surface area contributed by atoms with Gasteiger partial charge in [-0.25, -0.2) is 0 Å². The maximum atomic E-state index is 12.7. The lowest BCUT2D eigenvalue weighted by atomic mass is 10.1. The average Bonchev–Trinajstić information content (AvgIpc) is 3.16. The predicted molar refractivity (Wildman–Crippen MR) is 95.1 cm³/mol. The molecule has 1 amide bonds. The van der Waals surface area contributed by atoms with Gasteiger partial charge in [-0.15, -0.1) is 10.2 Å². The Morgan fingerprint density at radius 1 is 1.19 bits per heavy atom. The molecule has 3 heterocycles. The summed E-state index contributed by atoms with van der Waals surface area (Å²) in [4.78, 5) is 14.5. The fourth-order valence-corrected chi connectivity index (χ4v) is 3.25. The van der Waals surface area contributed by atoms with Gasteiger partial charge in [-0.1, -0.05) is 6.07 Å². The molecule has 8 heteroatoms. The summed E-state index contributed by atoms with van der Waals surface area (Å²) in [6, 6.07) is 9.03. The number of hydrogen-bond donors (Lipinski definition) is 0. The zero-order chi connectivity index (χ0) is 18.6. The molecular formula is C19H21N3O5. The van der Waals surface area contributed by atoms with Crippen LogP contribution in [-0.4, -0.2) is 54.1 Å². The van der Waals surface area contributed by atoms with Crippen molar-refractivity contribution in [3.8, 4) is 23.3 Å². The molecule has 0 saturated carbocycles. The standard InChI is InChI=1S/C19H21N3O5/c1-24-17-6-7-18(21-20-17)27-14-3-2-8-22(11-14)19(23)10-13-4-5-15-16(9-13)26-12-25-15/h4-7,9,14H,2-3,8,10-12H2,1H3. The Balaban J connectivity index is 1.35. The van der Waals surface area contributed by atoms with Crippen LogP contribution in [0.4, 0.5) is 0 Å². The van der Waals surface area contributed by atoms with E-state index in [2.05, 4.69) is 10.2 Å². The number of rotatable bonds is 5. The van der Waals surface area contributed by atoms with Gasteiger partial charge in [0.2, 0.25) is 24.5 Å². The Labute approximate surface area is 157 Å². The first-order valence-electron chi connectivity index (χ1n) is 8.92. The Kier molecular flexibility index (Phi) is 4.95. The van der Waals surface area contributed by atoms with Crippen LogP contribution in [0.2, 0.25) is 0 Å². The quantitative estimate of drug-likeness (QED) is 0.793. The smallest absolute Gasteiger partial charge is 0.233 e. The molecule has 0 radical (unpaired) electrons. The lowest BCUT2D eigenvalue weighted by molar-refractivity contribution is -0.133. The van der Waals surface area contributed by atoms with Crippen LogP contribution in [0.15, 0.2) is 30.3 Å². The molecular weight excluding hydrogens is 350 g/mol. The number of piperidine rings is 1. The molecule has 1 atom stereocenters. The molecule has 1 saturated heterocycles. The van der Waals surface area contributed by atoms with E-state index in [0.717, 1.165) is 30.7 Å². The highest BCUT2D eigenvalue weighted by molar-refractivity contribution is 5.79. The molecule has 2 aliphatic rings. The molecule has 0 bridgehead atoms. The van der Waals surface area contributed by atoms with Gasteiger partial charge in [-0.3, -0.25) is 4.79 Å². The normalized spacial score (nSPS) is 18.3. The van der Waals surface area contributed by atoms with Gasteiger partial charge in [0.25, 0.3) is 0 Å². The van der Waals surface area contributed by atoms with Crippen molar-refractivity contribution in [2.45, 2.75) is 25.4 Å². The minimum atomic E-state index is -0.0952. The Morgan fingerprint density at radius 2 is 2.00 bits per heavy atom. The predicted octanol–water partition coefficient (Wildman–Crippen LogP) is 1.83. The highest BCUT2D eigenvalue weighted by Crippen LogP contribution is 2.32. The molecule has 1 aromatic heterocycles. The monoisotopic (exact) mass is 371 g/mol. The van der Waals surface area contributed by atoms with Crippen LogP contribution in [0.3, 0.4) is 0 Å². The molecule has 4 rings (SSSR count). The van der Waals surface area contributed by atoms with E-state index in [1.165, 1.54) is 7.11 Å². The third-order valence-electron chi connectivity index (χ3n) is 4.64. The van der Waals surface area contributed by atoms with Crippen LogP contribution in [0.5, 0.6) is 23.3 Å². The van der Waals surface area contributed by atoms with E-state index in [0.29, 0.717) is 30.5 Å². The highest BCUT2D eigenvalue weighted by atomic mass is 16.7. The van der Waals surface area contributed by atoms with E-state index in [4.69, 9.17) is 18.9 Å². The number of benzene rings is 1. The zero-order valence-electron chi connectivity index (χ0n) is 15.1. The van der Waals surface area contributed by atoms with Crippen molar-refractivity contribution in [3.63, 3.8) is 0 Å². The van der Waals surface area contributed by atoms with Crippen molar-refractivity contribution in [1.29, 1.82) is 0 Å². The number of carbonyl (C=O) groups excluding carboxylic acids is 1. The molecule has 27 heavy (non-hydrogen) atoms. The Hall–Kier alpha value is -3.03. The third-order valence-corrected chi connectivity index (χ3v) is 4.64. The lowest BCUT2D eigenvalue weighted by Gasteiger charge is -2.32. The van der Waals surface area contributed by atoms with Gasteiger partial charge in [-0.05, 0) is 30.5 Å². The molecule has 1 aromatic carbocycles. The summed E-state index contributed by atoms with van der Waals surface area (Å²) in [6.45, 7) is 1.50. The first-order valence-corrected chi connectivity index (χ1v) is 8.92. The van der Waals surface area contributed by atoms with Crippen LogP contribution in [0, 0.1) is 0 Å². The minimum absolute atomic E-state index is 0.0722. The Bertz CT molecular complexity index is 811. The second-order valence-corrected chi connectivity index (χ2v) is 6.50. The van der Waals surface area contributed by atoms with Crippen LogP contribution in [-0.2, 0) is 11.2 Å². The highest BCUT2D eigenvalue weighted by Gasteiger charge is 2.26. The zero-order valence-corrected chi connectivity index (χ0v) is 15.1. The minimum Gasteiger partial charge on any atom is -0.480 e. The fourth-order valence-electron chi connectivity index (χ4n) is 3.25. The van der Waals surface area contributed by atoms with Gasteiger partial charge in [0.05, 0.1) is 20.1 Å². The van der Waals surface area contributed by atoms with Crippen molar-refractivity contribution < 1.29 is 23.7 Å². The topological polar surface area (TPSA) is 83.0 Å². The summed E-state index contributed by atoms with van der Waals surface area (Å²) in [6.07, 6.45) is 2.00. The number of aromatic nitrogens is 2. The number of nitrogens with zero attached hydrogens (tertiary/aromatic N) is 3. The summed E-state index contributed by atoms with van der Waals surface area (Å²) in [5.41, 5.74) is 0.910. The second-order valence-electron chi connectivity index (χ2n) is 6.50. The van der Waals surface area contributed by atoms with E-state index in [-0.39, 0.29) is 18.8 Å². The van der Waals surface area contributed by atoms with E-state index in [1.807, 2.05) is 23.1 Å². The van der Waals surface area contributed by atoms with Crippen LogP contribution >= 0.6 is 0 Å². The number of ether oxygens (including phenoxy) is 4. The maximum Gasteiger partial charge on any atom is 0.233 e. The van der Waals surface area contributed by atoms with Crippen molar-refractivity contribution in [2.75, 3.05) is 27.0 Å². The van der Waals surface area contributed by atoms with Crippen molar-refractivity contribution in [3.05, 3.63) is 35.9 Å². The van der Waals surface area contributed by atoms with Crippen molar-refractivity contribution in [2.24, 2.45) is 0 Å². The van der Waals surface area contributed by atoms with Crippen LogP contribution in [0.1, 0.15) is 18.4 Å². The molecule has 0 N–H and O–H groups in total. The average molecular weight is 371 g/mol. The molecule has 2 aromatic rings. The molecule has 8 nitrogen and oxygen atoms in total. The number of hydrogen-bond acceptors (Lipinski definition) is 7.